The average molecular weight is 213 g/mol. The average Bonchev–Trinajstić information content (AvgIpc) is 2.65. The smallest absolute Gasteiger partial charge is 0.264 e. The summed E-state index contributed by atoms with van der Waals surface area (Å²) in [5, 5.41) is 6.74. The summed E-state index contributed by atoms with van der Waals surface area (Å²) in [6, 6.07) is 0. The fraction of sp³-hybridized carbons (Fsp3) is 0.667. The van der Waals surface area contributed by atoms with Crippen molar-refractivity contribution in [1.29, 1.82) is 0 Å². The summed E-state index contributed by atoms with van der Waals surface area (Å²) in [4.78, 5) is 12.2. The third kappa shape index (κ3) is 2.77. The first kappa shape index (κ1) is 11.1. The van der Waals surface area contributed by atoms with Gasteiger partial charge in [0.15, 0.2) is 0 Å². The molecule has 0 radical (unpaired) electrons. The molecule has 4 nitrogen and oxygen atoms in total. The number of aryl methyl sites for hydroxylation is 1. The molecule has 0 aromatic carbocycles. The molecule has 1 rings (SSSR count). The number of nitrogens with zero attached hydrogens (tertiary/aromatic N) is 2. The fourth-order valence-electron chi connectivity index (χ4n) is 1.07. The summed E-state index contributed by atoms with van der Waals surface area (Å²) in [5.41, 5.74) is 0.795. The number of carbonyl (C=O) groups is 1. The summed E-state index contributed by atoms with van der Waals surface area (Å²) in [6.07, 6.45) is 2.86. The van der Waals surface area contributed by atoms with Gasteiger partial charge in [0.2, 0.25) is 0 Å². The summed E-state index contributed by atoms with van der Waals surface area (Å²) < 4.78 is 3.77. The topological polar surface area (TPSA) is 54.9 Å². The van der Waals surface area contributed by atoms with Crippen LogP contribution >= 0.6 is 11.5 Å². The van der Waals surface area contributed by atoms with E-state index in [0.717, 1.165) is 31.5 Å². The Morgan fingerprint density at radius 3 is 2.93 bits per heavy atom. The van der Waals surface area contributed by atoms with E-state index in [0.29, 0.717) is 4.88 Å². The third-order valence-corrected chi connectivity index (χ3v) is 2.68. The Bertz CT molecular complexity index is 298. The number of hydrogen-bond donors (Lipinski definition) is 1. The van der Waals surface area contributed by atoms with Crippen LogP contribution in [-0.2, 0) is 6.42 Å². The van der Waals surface area contributed by atoms with Crippen molar-refractivity contribution >= 4 is 17.4 Å². The van der Waals surface area contributed by atoms with Crippen LogP contribution in [0.1, 0.15) is 42.1 Å². The zero-order valence-electron chi connectivity index (χ0n) is 8.54. The van der Waals surface area contributed by atoms with Crippen LogP contribution in [0.3, 0.4) is 0 Å². The van der Waals surface area contributed by atoms with Gasteiger partial charge in [0.1, 0.15) is 4.88 Å². The summed E-state index contributed by atoms with van der Waals surface area (Å²) in [5.74, 6) is -0.0368. The van der Waals surface area contributed by atoms with Crippen molar-refractivity contribution in [2.45, 2.75) is 33.1 Å². The molecule has 0 saturated heterocycles. The van der Waals surface area contributed by atoms with Gasteiger partial charge < -0.3 is 5.32 Å². The maximum absolute atomic E-state index is 11.6. The zero-order valence-corrected chi connectivity index (χ0v) is 9.36. The zero-order chi connectivity index (χ0) is 10.4. The van der Waals surface area contributed by atoms with Crippen LogP contribution in [0.5, 0.6) is 0 Å². The van der Waals surface area contributed by atoms with Crippen LogP contribution < -0.4 is 5.32 Å². The van der Waals surface area contributed by atoms with Gasteiger partial charge in [-0.15, -0.1) is 5.10 Å². The number of unbranched alkanes of at least 4 members (excludes halogenated alkanes) is 1. The SMILES string of the molecule is CCCCNC(=O)c1snnc1CC. The predicted molar refractivity (Wildman–Crippen MR) is 56.5 cm³/mol. The van der Waals surface area contributed by atoms with Gasteiger partial charge in [-0.3, -0.25) is 4.79 Å². The predicted octanol–water partition coefficient (Wildman–Crippen LogP) is 1.63. The summed E-state index contributed by atoms with van der Waals surface area (Å²) >= 11 is 1.17. The minimum absolute atomic E-state index is 0.0368. The molecular formula is C9H15N3OS. The Kier molecular flexibility index (Phi) is 4.52. The standard InChI is InChI=1S/C9H15N3OS/c1-3-5-6-10-9(13)8-7(4-2)11-12-14-8/h3-6H2,1-2H3,(H,10,13). The number of hydrogen-bond acceptors (Lipinski definition) is 4. The van der Waals surface area contributed by atoms with Crippen LogP contribution in [0.25, 0.3) is 0 Å². The molecule has 14 heavy (non-hydrogen) atoms. The number of rotatable bonds is 5. The van der Waals surface area contributed by atoms with Crippen LogP contribution in [0.15, 0.2) is 0 Å². The lowest BCUT2D eigenvalue weighted by atomic mass is 10.3. The lowest BCUT2D eigenvalue weighted by Gasteiger charge is -2.01. The largest absolute Gasteiger partial charge is 0.351 e. The molecule has 0 fully saturated rings. The highest BCUT2D eigenvalue weighted by atomic mass is 32.1. The van der Waals surface area contributed by atoms with Gasteiger partial charge >= 0.3 is 0 Å². The minimum Gasteiger partial charge on any atom is -0.351 e. The van der Waals surface area contributed by atoms with Crippen LogP contribution in [-0.4, -0.2) is 22.0 Å². The Hall–Kier alpha value is -0.970. The number of amides is 1. The highest BCUT2D eigenvalue weighted by Gasteiger charge is 2.13. The van der Waals surface area contributed by atoms with Crippen LogP contribution in [0, 0.1) is 0 Å². The van der Waals surface area contributed by atoms with Crippen molar-refractivity contribution in [3.05, 3.63) is 10.6 Å². The molecule has 1 aromatic rings. The Labute approximate surface area is 87.9 Å². The second-order valence-corrected chi connectivity index (χ2v) is 3.77. The Morgan fingerprint density at radius 1 is 1.50 bits per heavy atom. The maximum Gasteiger partial charge on any atom is 0.264 e. The van der Waals surface area contributed by atoms with E-state index in [1.165, 1.54) is 11.5 Å². The van der Waals surface area contributed by atoms with Gasteiger partial charge in [-0.2, -0.15) is 0 Å². The Morgan fingerprint density at radius 2 is 2.29 bits per heavy atom. The van der Waals surface area contributed by atoms with E-state index >= 15 is 0 Å². The maximum atomic E-state index is 11.6. The molecule has 1 heterocycles. The van der Waals surface area contributed by atoms with Crippen molar-refractivity contribution in [2.75, 3.05) is 6.54 Å². The first-order valence-corrected chi connectivity index (χ1v) is 5.66. The van der Waals surface area contributed by atoms with E-state index in [1.807, 2.05) is 6.92 Å². The monoisotopic (exact) mass is 213 g/mol. The van der Waals surface area contributed by atoms with Gasteiger partial charge in [0.25, 0.3) is 5.91 Å². The number of aromatic nitrogens is 2. The summed E-state index contributed by atoms with van der Waals surface area (Å²) in [6.45, 7) is 4.80. The highest BCUT2D eigenvalue weighted by Crippen LogP contribution is 2.10. The second-order valence-electron chi connectivity index (χ2n) is 3.01. The molecule has 0 spiro atoms. The van der Waals surface area contributed by atoms with E-state index in [2.05, 4.69) is 21.8 Å². The molecule has 0 saturated carbocycles. The van der Waals surface area contributed by atoms with Gasteiger partial charge in [0.05, 0.1) is 5.69 Å². The second kappa shape index (κ2) is 5.70. The molecule has 78 valence electrons. The molecule has 0 aliphatic rings. The summed E-state index contributed by atoms with van der Waals surface area (Å²) in [7, 11) is 0. The number of nitrogens with one attached hydrogen (secondary N) is 1. The molecule has 0 aliphatic heterocycles. The van der Waals surface area contributed by atoms with E-state index in [1.54, 1.807) is 0 Å². The van der Waals surface area contributed by atoms with E-state index in [9.17, 15) is 4.79 Å². The molecule has 1 amide bonds. The molecule has 1 N–H and O–H groups in total. The van der Waals surface area contributed by atoms with Crippen molar-refractivity contribution in [3.63, 3.8) is 0 Å². The third-order valence-electron chi connectivity index (χ3n) is 1.91. The number of carbonyl (C=O) groups excluding carboxylic acids is 1. The van der Waals surface area contributed by atoms with Gasteiger partial charge in [-0.25, -0.2) is 0 Å². The fourth-order valence-corrected chi connectivity index (χ4v) is 1.74. The first-order chi connectivity index (χ1) is 6.79. The molecule has 1 aromatic heterocycles. The van der Waals surface area contributed by atoms with Gasteiger partial charge in [-0.1, -0.05) is 24.8 Å². The minimum atomic E-state index is -0.0368. The van der Waals surface area contributed by atoms with E-state index < -0.39 is 0 Å². The molecule has 0 atom stereocenters. The van der Waals surface area contributed by atoms with Gasteiger partial charge in [0, 0.05) is 6.54 Å². The van der Waals surface area contributed by atoms with Crippen LogP contribution in [0.4, 0.5) is 0 Å². The Balaban J connectivity index is 2.51. The first-order valence-electron chi connectivity index (χ1n) is 4.89. The van der Waals surface area contributed by atoms with Crippen LogP contribution in [0.2, 0.25) is 0 Å². The van der Waals surface area contributed by atoms with E-state index in [4.69, 9.17) is 0 Å². The van der Waals surface area contributed by atoms with E-state index in [-0.39, 0.29) is 5.91 Å². The molecular weight excluding hydrogens is 198 g/mol. The lowest BCUT2D eigenvalue weighted by molar-refractivity contribution is 0.0956. The van der Waals surface area contributed by atoms with Crippen molar-refractivity contribution in [1.82, 2.24) is 14.9 Å². The van der Waals surface area contributed by atoms with Crippen molar-refractivity contribution < 1.29 is 4.79 Å². The van der Waals surface area contributed by atoms with Crippen molar-refractivity contribution in [2.24, 2.45) is 0 Å². The highest BCUT2D eigenvalue weighted by molar-refractivity contribution is 7.08. The van der Waals surface area contributed by atoms with Crippen molar-refractivity contribution in [3.8, 4) is 0 Å². The molecule has 0 aliphatic carbocycles. The quantitative estimate of drug-likeness (QED) is 0.756. The molecule has 5 heteroatoms. The normalized spacial score (nSPS) is 10.1. The van der Waals surface area contributed by atoms with Gasteiger partial charge in [-0.05, 0) is 24.4 Å². The molecule has 0 unspecified atom stereocenters. The molecule has 0 bridgehead atoms. The lowest BCUT2D eigenvalue weighted by Crippen LogP contribution is -2.24.